The molecule has 0 aliphatic carbocycles. The van der Waals surface area contributed by atoms with E-state index in [2.05, 4.69) is 0 Å². The molecule has 1 aromatic rings. The van der Waals surface area contributed by atoms with Gasteiger partial charge in [0, 0.05) is 29.4 Å². The van der Waals surface area contributed by atoms with Crippen molar-refractivity contribution in [3.05, 3.63) is 29.6 Å². The molecule has 0 radical (unpaired) electrons. The quantitative estimate of drug-likeness (QED) is 0.914. The molecular formula is C13H18FNO3S2. The van der Waals surface area contributed by atoms with Crippen LogP contribution in [0.15, 0.2) is 18.2 Å². The van der Waals surface area contributed by atoms with Crippen molar-refractivity contribution in [2.24, 2.45) is 0 Å². The molecule has 1 aliphatic heterocycles. The monoisotopic (exact) mass is 319 g/mol. The normalized spacial score (nSPS) is 20.1. The number of para-hydroxylation sites is 1. The van der Waals surface area contributed by atoms with Crippen LogP contribution in [0, 0.1) is 5.82 Å². The number of halogens is 1. The second-order valence-electron chi connectivity index (χ2n) is 4.58. The number of rotatable bonds is 4. The first-order valence-electron chi connectivity index (χ1n) is 6.45. The Morgan fingerprint density at radius 3 is 2.90 bits per heavy atom. The Labute approximate surface area is 122 Å². The Bertz CT molecular complexity index is 577. The maximum atomic E-state index is 14.1. The van der Waals surface area contributed by atoms with Gasteiger partial charge in [-0.1, -0.05) is 19.1 Å². The second-order valence-corrected chi connectivity index (χ2v) is 8.18. The highest BCUT2D eigenvalue weighted by atomic mass is 32.2. The van der Waals surface area contributed by atoms with E-state index in [1.165, 1.54) is 12.1 Å². The van der Waals surface area contributed by atoms with Crippen molar-refractivity contribution in [1.82, 2.24) is 0 Å². The predicted octanol–water partition coefficient (Wildman–Crippen LogP) is 1.63. The van der Waals surface area contributed by atoms with E-state index in [9.17, 15) is 17.9 Å². The minimum atomic E-state index is -3.30. The number of sulfone groups is 1. The molecule has 0 bridgehead atoms. The van der Waals surface area contributed by atoms with E-state index in [1.54, 1.807) is 29.7 Å². The predicted molar refractivity (Wildman–Crippen MR) is 80.2 cm³/mol. The maximum absolute atomic E-state index is 14.1. The average molecular weight is 319 g/mol. The van der Waals surface area contributed by atoms with E-state index in [0.29, 0.717) is 17.9 Å². The molecule has 1 N–H and O–H groups in total. The minimum Gasteiger partial charge on any atom is -0.392 e. The third-order valence-corrected chi connectivity index (χ3v) is 6.72. The average Bonchev–Trinajstić information content (AvgIpc) is 2.47. The molecule has 0 spiro atoms. The third-order valence-electron chi connectivity index (χ3n) is 3.43. The first-order valence-corrected chi connectivity index (χ1v) is 9.32. The Kier molecular flexibility index (Phi) is 4.93. The van der Waals surface area contributed by atoms with Crippen molar-refractivity contribution < 1.29 is 17.9 Å². The molecule has 1 unspecified atom stereocenters. The van der Waals surface area contributed by atoms with Crippen LogP contribution in [0.3, 0.4) is 0 Å². The number of anilines is 1. The van der Waals surface area contributed by atoms with Gasteiger partial charge in [0.2, 0.25) is 0 Å². The van der Waals surface area contributed by atoms with Crippen LogP contribution < -0.4 is 4.90 Å². The number of hydrogen-bond acceptors (Lipinski definition) is 5. The molecule has 1 aromatic carbocycles. The summed E-state index contributed by atoms with van der Waals surface area (Å²) >= 11 is 1.56. The zero-order valence-corrected chi connectivity index (χ0v) is 12.9. The lowest BCUT2D eigenvalue weighted by Gasteiger charge is -2.37. The summed E-state index contributed by atoms with van der Waals surface area (Å²) in [5.41, 5.74) is 0.644. The second kappa shape index (κ2) is 6.32. The molecule has 4 nitrogen and oxygen atoms in total. The standard InChI is InChI=1S/C13H18FNO3S2/c1-2-20(17,18)12-9-19-7-6-15(12)13-10(8-16)4-3-5-11(13)14/h3-5,12,16H,2,6-9H2,1H3. The number of aliphatic hydroxyl groups is 1. The number of aliphatic hydroxyl groups excluding tert-OH is 1. The van der Waals surface area contributed by atoms with Crippen LogP contribution >= 0.6 is 11.8 Å². The molecule has 0 aromatic heterocycles. The summed E-state index contributed by atoms with van der Waals surface area (Å²) in [6.07, 6.45) is 0. The van der Waals surface area contributed by atoms with Gasteiger partial charge < -0.3 is 10.0 Å². The Hall–Kier alpha value is -0.790. The number of hydrogen-bond donors (Lipinski definition) is 1. The Morgan fingerprint density at radius 2 is 2.25 bits per heavy atom. The highest BCUT2D eigenvalue weighted by molar-refractivity contribution is 8.01. The molecule has 1 aliphatic rings. The number of thioether (sulfide) groups is 1. The van der Waals surface area contributed by atoms with Crippen molar-refractivity contribution >= 4 is 27.3 Å². The largest absolute Gasteiger partial charge is 0.392 e. The van der Waals surface area contributed by atoms with E-state index < -0.39 is 21.0 Å². The fourth-order valence-electron chi connectivity index (χ4n) is 2.34. The Morgan fingerprint density at radius 1 is 1.50 bits per heavy atom. The fraction of sp³-hybridized carbons (Fsp3) is 0.538. The van der Waals surface area contributed by atoms with E-state index in [-0.39, 0.29) is 18.0 Å². The molecule has 1 saturated heterocycles. The molecule has 0 amide bonds. The first-order chi connectivity index (χ1) is 9.51. The van der Waals surface area contributed by atoms with Crippen LogP contribution in [0.5, 0.6) is 0 Å². The van der Waals surface area contributed by atoms with E-state index >= 15 is 0 Å². The van der Waals surface area contributed by atoms with Gasteiger partial charge in [0.05, 0.1) is 12.3 Å². The van der Waals surface area contributed by atoms with Crippen molar-refractivity contribution in [3.63, 3.8) is 0 Å². The van der Waals surface area contributed by atoms with Gasteiger partial charge in [0.15, 0.2) is 9.84 Å². The van der Waals surface area contributed by atoms with Crippen LogP contribution in [-0.4, -0.2) is 42.7 Å². The van der Waals surface area contributed by atoms with Crippen molar-refractivity contribution in [2.45, 2.75) is 18.9 Å². The van der Waals surface area contributed by atoms with E-state index in [1.807, 2.05) is 0 Å². The molecule has 1 fully saturated rings. The fourth-order valence-corrected chi connectivity index (χ4v) is 5.31. The van der Waals surface area contributed by atoms with Gasteiger partial charge >= 0.3 is 0 Å². The number of benzene rings is 1. The summed E-state index contributed by atoms with van der Waals surface area (Å²) < 4.78 is 38.6. The molecule has 112 valence electrons. The minimum absolute atomic E-state index is 0.0254. The highest BCUT2D eigenvalue weighted by Gasteiger charge is 2.35. The van der Waals surface area contributed by atoms with E-state index in [4.69, 9.17) is 0 Å². The molecule has 1 atom stereocenters. The summed E-state index contributed by atoms with van der Waals surface area (Å²) in [5.74, 6) is 0.710. The summed E-state index contributed by atoms with van der Waals surface area (Å²) in [7, 11) is -3.30. The SMILES string of the molecule is CCS(=O)(=O)C1CSCCN1c1c(F)cccc1CO. The lowest BCUT2D eigenvalue weighted by molar-refractivity contribution is 0.281. The molecule has 2 rings (SSSR count). The lowest BCUT2D eigenvalue weighted by atomic mass is 10.1. The zero-order chi connectivity index (χ0) is 14.8. The van der Waals surface area contributed by atoms with Crippen molar-refractivity contribution in [3.8, 4) is 0 Å². The van der Waals surface area contributed by atoms with Crippen molar-refractivity contribution in [1.29, 1.82) is 0 Å². The topological polar surface area (TPSA) is 57.6 Å². The van der Waals surface area contributed by atoms with Crippen LogP contribution in [0.4, 0.5) is 10.1 Å². The van der Waals surface area contributed by atoms with Crippen LogP contribution in [0.1, 0.15) is 12.5 Å². The molecule has 7 heteroatoms. The van der Waals surface area contributed by atoms with Crippen LogP contribution in [-0.2, 0) is 16.4 Å². The van der Waals surface area contributed by atoms with Crippen LogP contribution in [0.25, 0.3) is 0 Å². The maximum Gasteiger partial charge on any atom is 0.171 e. The summed E-state index contributed by atoms with van der Waals surface area (Å²) in [6.45, 7) is 1.75. The summed E-state index contributed by atoms with van der Waals surface area (Å²) in [5, 5.41) is 8.64. The molecule has 20 heavy (non-hydrogen) atoms. The van der Waals surface area contributed by atoms with Gasteiger partial charge in [-0.25, -0.2) is 12.8 Å². The molecule has 1 heterocycles. The van der Waals surface area contributed by atoms with Crippen molar-refractivity contribution in [2.75, 3.05) is 28.7 Å². The Balaban J connectivity index is 2.48. The van der Waals surface area contributed by atoms with E-state index in [0.717, 1.165) is 5.75 Å². The van der Waals surface area contributed by atoms with Gasteiger partial charge in [-0.3, -0.25) is 0 Å². The van der Waals surface area contributed by atoms with Gasteiger partial charge in [0.1, 0.15) is 11.2 Å². The van der Waals surface area contributed by atoms with Gasteiger partial charge in [-0.15, -0.1) is 0 Å². The van der Waals surface area contributed by atoms with Gasteiger partial charge in [0.25, 0.3) is 0 Å². The first kappa shape index (κ1) is 15.6. The summed E-state index contributed by atoms with van der Waals surface area (Å²) in [6, 6.07) is 4.44. The number of nitrogens with zero attached hydrogens (tertiary/aromatic N) is 1. The summed E-state index contributed by atoms with van der Waals surface area (Å²) in [4.78, 5) is 1.59. The molecule has 0 saturated carbocycles. The van der Waals surface area contributed by atoms with Gasteiger partial charge in [-0.2, -0.15) is 11.8 Å². The highest BCUT2D eigenvalue weighted by Crippen LogP contribution is 2.32. The third kappa shape index (κ3) is 2.94. The smallest absolute Gasteiger partial charge is 0.171 e. The van der Waals surface area contributed by atoms with Gasteiger partial charge in [-0.05, 0) is 6.07 Å². The lowest BCUT2D eigenvalue weighted by Crippen LogP contribution is -2.48. The van der Waals surface area contributed by atoms with Crippen LogP contribution in [0.2, 0.25) is 0 Å². The zero-order valence-electron chi connectivity index (χ0n) is 11.3. The molecular weight excluding hydrogens is 301 g/mol.